The number of aryl methyl sites for hydroxylation is 2. The molecule has 1 atom stereocenters. The van der Waals surface area contributed by atoms with E-state index in [4.69, 9.17) is 16.0 Å². The Morgan fingerprint density at radius 3 is 2.56 bits per heavy atom. The average molecular weight is 268 g/mol. The molecule has 1 aromatic carbocycles. The highest BCUT2D eigenvalue weighted by Gasteiger charge is 2.13. The van der Waals surface area contributed by atoms with Gasteiger partial charge in [0.05, 0.1) is 16.8 Å². The smallest absolute Gasteiger partial charge is 0.124 e. The molecule has 18 heavy (non-hydrogen) atoms. The van der Waals surface area contributed by atoms with Gasteiger partial charge in [-0.15, -0.1) is 0 Å². The van der Waals surface area contributed by atoms with E-state index in [-0.39, 0.29) is 11.9 Å². The van der Waals surface area contributed by atoms with Crippen molar-refractivity contribution in [2.24, 2.45) is 0 Å². The molecule has 4 heteroatoms. The van der Waals surface area contributed by atoms with Crippen LogP contribution in [0.3, 0.4) is 0 Å². The molecule has 1 aromatic heterocycles. The summed E-state index contributed by atoms with van der Waals surface area (Å²) in [7, 11) is 0. The van der Waals surface area contributed by atoms with Gasteiger partial charge in [-0.3, -0.25) is 0 Å². The normalized spacial score (nSPS) is 12.5. The fourth-order valence-electron chi connectivity index (χ4n) is 2.00. The van der Waals surface area contributed by atoms with Gasteiger partial charge in [0.15, 0.2) is 0 Å². The van der Waals surface area contributed by atoms with Crippen LogP contribution in [0.5, 0.6) is 0 Å². The minimum Gasteiger partial charge on any atom is -0.466 e. The molecule has 0 aliphatic heterocycles. The van der Waals surface area contributed by atoms with Crippen molar-refractivity contribution in [2.75, 3.05) is 5.32 Å². The largest absolute Gasteiger partial charge is 0.466 e. The van der Waals surface area contributed by atoms with Gasteiger partial charge < -0.3 is 9.73 Å². The van der Waals surface area contributed by atoms with E-state index < -0.39 is 0 Å². The number of rotatable bonds is 3. The Morgan fingerprint density at radius 2 is 2.00 bits per heavy atom. The Bertz CT molecular complexity index is 565. The van der Waals surface area contributed by atoms with Crippen molar-refractivity contribution in [3.63, 3.8) is 0 Å². The Hall–Kier alpha value is -1.48. The van der Waals surface area contributed by atoms with E-state index in [0.29, 0.717) is 10.7 Å². The fraction of sp³-hybridized carbons (Fsp3) is 0.286. The van der Waals surface area contributed by atoms with Gasteiger partial charge in [-0.2, -0.15) is 0 Å². The SMILES string of the molecule is Cc1cc(C(C)Nc2ccc(F)cc2Cl)c(C)o1. The fourth-order valence-corrected chi connectivity index (χ4v) is 2.22. The molecule has 1 N–H and O–H groups in total. The van der Waals surface area contributed by atoms with E-state index in [2.05, 4.69) is 5.32 Å². The maximum absolute atomic E-state index is 12.9. The van der Waals surface area contributed by atoms with Crippen LogP contribution in [0.1, 0.15) is 30.0 Å². The van der Waals surface area contributed by atoms with E-state index in [1.165, 1.54) is 12.1 Å². The van der Waals surface area contributed by atoms with Crippen LogP contribution in [0.25, 0.3) is 0 Å². The summed E-state index contributed by atoms with van der Waals surface area (Å²) in [5.74, 6) is 1.42. The Kier molecular flexibility index (Phi) is 3.62. The molecule has 2 rings (SSSR count). The zero-order valence-electron chi connectivity index (χ0n) is 10.6. The van der Waals surface area contributed by atoms with Gasteiger partial charge in [-0.05, 0) is 45.0 Å². The van der Waals surface area contributed by atoms with Crippen molar-refractivity contribution in [3.05, 3.63) is 52.2 Å². The quantitative estimate of drug-likeness (QED) is 0.859. The van der Waals surface area contributed by atoms with Crippen LogP contribution in [-0.4, -0.2) is 0 Å². The Labute approximate surface area is 111 Å². The second-order valence-electron chi connectivity index (χ2n) is 4.36. The third-order valence-electron chi connectivity index (χ3n) is 2.85. The van der Waals surface area contributed by atoms with Gasteiger partial charge in [0.1, 0.15) is 17.3 Å². The maximum Gasteiger partial charge on any atom is 0.124 e. The van der Waals surface area contributed by atoms with Crippen LogP contribution >= 0.6 is 11.6 Å². The Morgan fingerprint density at radius 1 is 1.28 bits per heavy atom. The van der Waals surface area contributed by atoms with E-state index >= 15 is 0 Å². The molecule has 0 saturated carbocycles. The molecule has 0 spiro atoms. The zero-order chi connectivity index (χ0) is 13.3. The number of hydrogen-bond acceptors (Lipinski definition) is 2. The second kappa shape index (κ2) is 5.02. The number of furan rings is 1. The topological polar surface area (TPSA) is 25.2 Å². The highest BCUT2D eigenvalue weighted by Crippen LogP contribution is 2.29. The molecule has 0 bridgehead atoms. The Balaban J connectivity index is 2.21. The molecule has 0 aliphatic carbocycles. The highest BCUT2D eigenvalue weighted by atomic mass is 35.5. The van der Waals surface area contributed by atoms with Gasteiger partial charge in [-0.25, -0.2) is 4.39 Å². The summed E-state index contributed by atoms with van der Waals surface area (Å²) < 4.78 is 18.4. The lowest BCUT2D eigenvalue weighted by Crippen LogP contribution is -2.07. The number of anilines is 1. The first kappa shape index (κ1) is 13.0. The van der Waals surface area contributed by atoms with Gasteiger partial charge in [-0.1, -0.05) is 11.6 Å². The standard InChI is InChI=1S/C14H15ClFNO/c1-8-6-12(10(3)18-8)9(2)17-14-5-4-11(16)7-13(14)15/h4-7,9,17H,1-3H3. The first-order valence-electron chi connectivity index (χ1n) is 5.76. The molecule has 0 amide bonds. The number of nitrogens with one attached hydrogen (secondary N) is 1. The molecular weight excluding hydrogens is 253 g/mol. The average Bonchev–Trinajstić information content (AvgIpc) is 2.62. The molecule has 1 unspecified atom stereocenters. The number of benzene rings is 1. The van der Waals surface area contributed by atoms with E-state index in [9.17, 15) is 4.39 Å². The lowest BCUT2D eigenvalue weighted by Gasteiger charge is -2.15. The molecule has 0 saturated heterocycles. The molecular formula is C14H15ClFNO. The molecule has 0 fully saturated rings. The van der Waals surface area contributed by atoms with E-state index in [1.807, 2.05) is 26.8 Å². The van der Waals surface area contributed by atoms with Gasteiger partial charge in [0.25, 0.3) is 0 Å². The summed E-state index contributed by atoms with van der Waals surface area (Å²) >= 11 is 5.98. The lowest BCUT2D eigenvalue weighted by molar-refractivity contribution is 0.500. The first-order chi connectivity index (χ1) is 8.47. The van der Waals surface area contributed by atoms with Crippen LogP contribution in [0.2, 0.25) is 5.02 Å². The highest BCUT2D eigenvalue weighted by molar-refractivity contribution is 6.33. The van der Waals surface area contributed by atoms with Crippen LogP contribution in [0.15, 0.2) is 28.7 Å². The van der Waals surface area contributed by atoms with Crippen molar-refractivity contribution < 1.29 is 8.81 Å². The third-order valence-corrected chi connectivity index (χ3v) is 3.16. The minimum atomic E-state index is -0.339. The summed E-state index contributed by atoms with van der Waals surface area (Å²) in [4.78, 5) is 0. The van der Waals surface area contributed by atoms with Crippen molar-refractivity contribution >= 4 is 17.3 Å². The van der Waals surface area contributed by atoms with Gasteiger partial charge in [0, 0.05) is 5.56 Å². The monoisotopic (exact) mass is 267 g/mol. The van der Waals surface area contributed by atoms with Crippen molar-refractivity contribution in [2.45, 2.75) is 26.8 Å². The van der Waals surface area contributed by atoms with E-state index in [0.717, 1.165) is 17.1 Å². The number of halogens is 2. The van der Waals surface area contributed by atoms with Crippen LogP contribution < -0.4 is 5.32 Å². The van der Waals surface area contributed by atoms with Crippen molar-refractivity contribution in [1.29, 1.82) is 0 Å². The lowest BCUT2D eigenvalue weighted by atomic mass is 10.1. The van der Waals surface area contributed by atoms with Crippen LogP contribution in [0.4, 0.5) is 10.1 Å². The minimum absolute atomic E-state index is 0.0467. The molecule has 0 radical (unpaired) electrons. The third kappa shape index (κ3) is 2.67. The second-order valence-corrected chi connectivity index (χ2v) is 4.77. The summed E-state index contributed by atoms with van der Waals surface area (Å²) in [6.45, 7) is 5.85. The zero-order valence-corrected chi connectivity index (χ0v) is 11.3. The maximum atomic E-state index is 12.9. The summed E-state index contributed by atoms with van der Waals surface area (Å²) in [6.07, 6.45) is 0. The van der Waals surface area contributed by atoms with Gasteiger partial charge >= 0.3 is 0 Å². The molecule has 2 nitrogen and oxygen atoms in total. The predicted molar refractivity (Wildman–Crippen MR) is 71.6 cm³/mol. The molecule has 2 aromatic rings. The van der Waals surface area contributed by atoms with Crippen LogP contribution in [0, 0.1) is 19.7 Å². The molecule has 1 heterocycles. The predicted octanol–water partition coefficient (Wildman–Crippen LogP) is 4.86. The molecule has 0 aliphatic rings. The van der Waals surface area contributed by atoms with E-state index in [1.54, 1.807) is 6.07 Å². The number of hydrogen-bond donors (Lipinski definition) is 1. The molecule has 96 valence electrons. The van der Waals surface area contributed by atoms with Crippen molar-refractivity contribution in [1.82, 2.24) is 0 Å². The summed E-state index contributed by atoms with van der Waals surface area (Å²) in [5, 5.41) is 3.62. The van der Waals surface area contributed by atoms with Crippen molar-refractivity contribution in [3.8, 4) is 0 Å². The first-order valence-corrected chi connectivity index (χ1v) is 6.13. The summed E-state index contributed by atoms with van der Waals surface area (Å²) in [5.41, 5.74) is 1.79. The van der Waals surface area contributed by atoms with Gasteiger partial charge in [0.2, 0.25) is 0 Å². The van der Waals surface area contributed by atoms with Crippen LogP contribution in [-0.2, 0) is 0 Å². The summed E-state index contributed by atoms with van der Waals surface area (Å²) in [6, 6.07) is 6.35.